The van der Waals surface area contributed by atoms with Crippen molar-refractivity contribution >= 4 is 20.9 Å². The fourth-order valence-corrected chi connectivity index (χ4v) is 5.29. The second-order valence-corrected chi connectivity index (χ2v) is 10.8. The molecule has 3 nitrogen and oxygen atoms in total. The zero-order valence-electron chi connectivity index (χ0n) is 20.4. The summed E-state index contributed by atoms with van der Waals surface area (Å²) in [6.45, 7) is 4.47. The minimum absolute atomic E-state index is 0.0513. The first-order valence-electron chi connectivity index (χ1n) is 13.0. The number of hydrogen-bond donors (Lipinski definition) is 1. The molecule has 0 heterocycles. The first-order valence-corrected chi connectivity index (χ1v) is 14.4. The highest BCUT2D eigenvalue weighted by atomic mass is 32.2. The van der Waals surface area contributed by atoms with Crippen LogP contribution in [-0.4, -0.2) is 13.0 Å². The van der Waals surface area contributed by atoms with Crippen LogP contribution >= 0.6 is 0 Å². The first kappa shape index (κ1) is 26.9. The molecule has 0 bridgehead atoms. The van der Waals surface area contributed by atoms with Crippen molar-refractivity contribution in [2.24, 2.45) is 0 Å². The van der Waals surface area contributed by atoms with Crippen molar-refractivity contribution in [3.63, 3.8) is 0 Å². The highest BCUT2D eigenvalue weighted by Gasteiger charge is 2.16. The van der Waals surface area contributed by atoms with Crippen LogP contribution in [0.2, 0.25) is 0 Å². The summed E-state index contributed by atoms with van der Waals surface area (Å²) in [6, 6.07) is 9.80. The predicted octanol–water partition coefficient (Wildman–Crippen LogP) is 8.67. The smallest absolute Gasteiger partial charge is 0.282 e. The van der Waals surface area contributed by atoms with Gasteiger partial charge in [0.15, 0.2) is 0 Å². The summed E-state index contributed by atoms with van der Waals surface area (Å²) in [5.74, 6) is 0. The Morgan fingerprint density at radius 3 is 1.62 bits per heavy atom. The lowest BCUT2D eigenvalue weighted by atomic mass is 9.98. The molecule has 0 atom stereocenters. The van der Waals surface area contributed by atoms with E-state index in [9.17, 15) is 13.0 Å². The van der Waals surface area contributed by atoms with Crippen LogP contribution in [0.4, 0.5) is 0 Å². The van der Waals surface area contributed by atoms with Gasteiger partial charge in [-0.25, -0.2) is 0 Å². The fraction of sp³-hybridized carbons (Fsp3) is 0.643. The molecule has 0 amide bonds. The first-order chi connectivity index (χ1) is 15.5. The van der Waals surface area contributed by atoms with E-state index in [2.05, 4.69) is 26.0 Å². The standard InChI is InChI=1S/C28H44O3S/c1-3-5-7-9-11-13-15-17-24-19-20-27-26(21-24)22-25(23-28(27)32(29,30)31)18-16-14-12-10-8-6-4-2/h19-23H,3-18H2,1-2H3,(H,29,30,31). The van der Waals surface area contributed by atoms with Crippen LogP contribution in [0.3, 0.4) is 0 Å². The normalized spacial score (nSPS) is 12.0. The topological polar surface area (TPSA) is 54.4 Å². The third-order valence-electron chi connectivity index (χ3n) is 6.45. The maximum Gasteiger partial charge on any atom is 0.295 e. The molecule has 0 aliphatic carbocycles. The SMILES string of the molecule is CCCCCCCCCc1ccc2c(S(=O)(=O)O)cc(CCCCCCCCC)cc2c1. The van der Waals surface area contributed by atoms with Crippen LogP contribution in [-0.2, 0) is 23.0 Å². The number of rotatable bonds is 17. The van der Waals surface area contributed by atoms with E-state index < -0.39 is 10.1 Å². The number of fused-ring (bicyclic) bond motifs is 1. The number of hydrogen-bond acceptors (Lipinski definition) is 2. The van der Waals surface area contributed by atoms with Crippen LogP contribution in [0.5, 0.6) is 0 Å². The predicted molar refractivity (Wildman–Crippen MR) is 137 cm³/mol. The summed E-state index contributed by atoms with van der Waals surface area (Å²) < 4.78 is 33.9. The summed E-state index contributed by atoms with van der Waals surface area (Å²) in [5, 5.41) is 1.55. The Labute approximate surface area is 196 Å². The number of benzene rings is 2. The van der Waals surface area contributed by atoms with E-state index in [-0.39, 0.29) is 4.90 Å². The second kappa shape index (κ2) is 14.7. The summed E-state index contributed by atoms with van der Waals surface area (Å²) in [6.07, 6.45) is 19.5. The Morgan fingerprint density at radius 1 is 0.625 bits per heavy atom. The maximum atomic E-state index is 12.0. The molecule has 32 heavy (non-hydrogen) atoms. The van der Waals surface area contributed by atoms with Gasteiger partial charge in [-0.3, -0.25) is 4.55 Å². The molecule has 1 N–H and O–H groups in total. The molecule has 2 aromatic carbocycles. The van der Waals surface area contributed by atoms with Gasteiger partial charge in [-0.05, 0) is 48.3 Å². The molecule has 2 rings (SSSR count). The molecule has 0 unspecified atom stereocenters. The van der Waals surface area contributed by atoms with Crippen LogP contribution in [0, 0.1) is 0 Å². The van der Waals surface area contributed by atoms with Gasteiger partial charge in [0, 0.05) is 5.39 Å². The summed E-state index contributed by atoms with van der Waals surface area (Å²) >= 11 is 0. The van der Waals surface area contributed by atoms with Gasteiger partial charge in [0.2, 0.25) is 0 Å². The molecule has 0 spiro atoms. The van der Waals surface area contributed by atoms with Gasteiger partial charge >= 0.3 is 0 Å². The molecule has 0 aromatic heterocycles. The van der Waals surface area contributed by atoms with E-state index >= 15 is 0 Å². The van der Waals surface area contributed by atoms with E-state index in [4.69, 9.17) is 0 Å². The molecular weight excluding hydrogens is 416 g/mol. The number of unbranched alkanes of at least 4 members (excludes halogenated alkanes) is 12. The Hall–Kier alpha value is -1.39. The summed E-state index contributed by atoms with van der Waals surface area (Å²) in [7, 11) is -4.24. The van der Waals surface area contributed by atoms with E-state index in [1.807, 2.05) is 12.1 Å². The minimum Gasteiger partial charge on any atom is -0.282 e. The van der Waals surface area contributed by atoms with Gasteiger partial charge in [0.25, 0.3) is 10.1 Å². The maximum absolute atomic E-state index is 12.0. The van der Waals surface area contributed by atoms with E-state index in [0.29, 0.717) is 5.39 Å². The van der Waals surface area contributed by atoms with Crippen molar-refractivity contribution < 1.29 is 13.0 Å². The third kappa shape index (κ3) is 9.62. The molecule has 4 heteroatoms. The molecule has 0 radical (unpaired) electrons. The fourth-order valence-electron chi connectivity index (χ4n) is 4.53. The van der Waals surface area contributed by atoms with Crippen LogP contribution < -0.4 is 0 Å². The van der Waals surface area contributed by atoms with Crippen molar-refractivity contribution in [3.8, 4) is 0 Å². The molecule has 0 aliphatic heterocycles. The van der Waals surface area contributed by atoms with Crippen LogP contribution in [0.1, 0.15) is 115 Å². The van der Waals surface area contributed by atoms with E-state index in [1.54, 1.807) is 6.07 Å². The highest BCUT2D eigenvalue weighted by molar-refractivity contribution is 7.86. The molecule has 0 fully saturated rings. The number of aryl methyl sites for hydroxylation is 2. The molecule has 0 aliphatic rings. The quantitative estimate of drug-likeness (QED) is 0.190. The third-order valence-corrected chi connectivity index (χ3v) is 7.35. The lowest BCUT2D eigenvalue weighted by Gasteiger charge is -2.11. The highest BCUT2D eigenvalue weighted by Crippen LogP contribution is 2.28. The molecule has 0 saturated carbocycles. The lowest BCUT2D eigenvalue weighted by Crippen LogP contribution is -2.01. The van der Waals surface area contributed by atoms with Crippen molar-refractivity contribution in [3.05, 3.63) is 41.5 Å². The van der Waals surface area contributed by atoms with Crippen molar-refractivity contribution in [1.82, 2.24) is 0 Å². The van der Waals surface area contributed by atoms with Crippen molar-refractivity contribution in [1.29, 1.82) is 0 Å². The Bertz CT molecular complexity index is 897. The Kier molecular flexibility index (Phi) is 12.3. The van der Waals surface area contributed by atoms with Gasteiger partial charge in [0.05, 0.1) is 0 Å². The average molecular weight is 461 g/mol. The van der Waals surface area contributed by atoms with Crippen molar-refractivity contribution in [2.75, 3.05) is 0 Å². The zero-order chi connectivity index (χ0) is 23.2. The average Bonchev–Trinajstić information content (AvgIpc) is 2.76. The van der Waals surface area contributed by atoms with Gasteiger partial charge in [-0.15, -0.1) is 0 Å². The van der Waals surface area contributed by atoms with Gasteiger partial charge < -0.3 is 0 Å². The lowest BCUT2D eigenvalue weighted by molar-refractivity contribution is 0.484. The molecule has 0 saturated heterocycles. The van der Waals surface area contributed by atoms with Crippen LogP contribution in [0.25, 0.3) is 10.8 Å². The van der Waals surface area contributed by atoms with Gasteiger partial charge in [-0.1, -0.05) is 115 Å². The molecular formula is C28H44O3S. The van der Waals surface area contributed by atoms with E-state index in [1.165, 1.54) is 89.0 Å². The molecule has 180 valence electrons. The second-order valence-electron chi connectivity index (χ2n) is 9.37. The van der Waals surface area contributed by atoms with Crippen LogP contribution in [0.15, 0.2) is 35.2 Å². The Balaban J connectivity index is 2.00. The van der Waals surface area contributed by atoms with Crippen molar-refractivity contribution in [2.45, 2.75) is 121 Å². The monoisotopic (exact) mass is 460 g/mol. The summed E-state index contributed by atoms with van der Waals surface area (Å²) in [5.41, 5.74) is 2.26. The summed E-state index contributed by atoms with van der Waals surface area (Å²) in [4.78, 5) is 0.0513. The minimum atomic E-state index is -4.24. The van der Waals surface area contributed by atoms with Gasteiger partial charge in [-0.2, -0.15) is 8.42 Å². The van der Waals surface area contributed by atoms with Gasteiger partial charge in [0.1, 0.15) is 4.90 Å². The van der Waals surface area contributed by atoms with E-state index in [0.717, 1.165) is 30.2 Å². The largest absolute Gasteiger partial charge is 0.295 e. The zero-order valence-corrected chi connectivity index (χ0v) is 21.2. The Morgan fingerprint density at radius 2 is 1.09 bits per heavy atom. The molecule has 2 aromatic rings.